The first kappa shape index (κ1) is 16.1. The molecule has 3 rings (SSSR count). The normalized spacial score (nSPS) is 16.4. The maximum absolute atomic E-state index is 3.54. The molecule has 0 saturated carbocycles. The quantitative estimate of drug-likeness (QED) is 0.493. The van der Waals surface area contributed by atoms with Crippen LogP contribution in [-0.2, 0) is 6.42 Å². The summed E-state index contributed by atoms with van der Waals surface area (Å²) in [5.74, 6) is 6.95. The Labute approximate surface area is 147 Å². The van der Waals surface area contributed by atoms with E-state index in [1.165, 1.54) is 29.7 Å². The van der Waals surface area contributed by atoms with Crippen LogP contribution >= 0.6 is 15.9 Å². The summed E-state index contributed by atoms with van der Waals surface area (Å²) in [5.41, 5.74) is 4.05. The topological polar surface area (TPSA) is 3.24 Å². The van der Waals surface area contributed by atoms with E-state index in [4.69, 9.17) is 0 Å². The standard InChI is InChI=1S/C21H22BrN/c1-2-3-4-5-10-21-20-9-7-6-8-17(20)15-16-23(21)19-13-11-18(22)12-14-19/h6-9,11-14,21H,2-4,15-16H2,1H3/t21-/m0/s1. The van der Waals surface area contributed by atoms with Gasteiger partial charge in [0.25, 0.3) is 0 Å². The number of hydrogen-bond acceptors (Lipinski definition) is 1. The Morgan fingerprint density at radius 1 is 1.13 bits per heavy atom. The van der Waals surface area contributed by atoms with Crippen molar-refractivity contribution in [3.8, 4) is 11.8 Å². The first-order valence-corrected chi connectivity index (χ1v) is 9.17. The lowest BCUT2D eigenvalue weighted by molar-refractivity contribution is 0.681. The summed E-state index contributed by atoms with van der Waals surface area (Å²) in [5, 5.41) is 0. The summed E-state index contributed by atoms with van der Waals surface area (Å²) >= 11 is 3.52. The van der Waals surface area contributed by atoms with Gasteiger partial charge < -0.3 is 4.90 Å². The third-order valence-corrected chi connectivity index (χ3v) is 4.86. The van der Waals surface area contributed by atoms with E-state index in [-0.39, 0.29) is 6.04 Å². The van der Waals surface area contributed by atoms with Crippen LogP contribution in [-0.4, -0.2) is 6.54 Å². The lowest BCUT2D eigenvalue weighted by Crippen LogP contribution is -2.34. The van der Waals surface area contributed by atoms with Crippen LogP contribution < -0.4 is 4.90 Å². The first-order chi connectivity index (χ1) is 11.3. The second-order valence-electron chi connectivity index (χ2n) is 5.95. The predicted molar refractivity (Wildman–Crippen MR) is 102 cm³/mol. The van der Waals surface area contributed by atoms with Gasteiger partial charge in [0.2, 0.25) is 0 Å². The third kappa shape index (κ3) is 3.79. The highest BCUT2D eigenvalue weighted by atomic mass is 79.9. The van der Waals surface area contributed by atoms with Crippen molar-refractivity contribution in [1.82, 2.24) is 0 Å². The van der Waals surface area contributed by atoms with E-state index in [1.54, 1.807) is 0 Å². The molecule has 0 fully saturated rings. The largest absolute Gasteiger partial charge is 0.353 e. The van der Waals surface area contributed by atoms with Gasteiger partial charge >= 0.3 is 0 Å². The van der Waals surface area contributed by atoms with E-state index in [0.717, 1.165) is 23.9 Å². The zero-order valence-corrected chi connectivity index (χ0v) is 15.1. The van der Waals surface area contributed by atoms with Crippen LogP contribution in [0.3, 0.4) is 0 Å². The second kappa shape index (κ2) is 7.70. The van der Waals surface area contributed by atoms with Gasteiger partial charge in [-0.3, -0.25) is 0 Å². The molecule has 118 valence electrons. The van der Waals surface area contributed by atoms with Crippen LogP contribution in [0.15, 0.2) is 53.0 Å². The zero-order valence-electron chi connectivity index (χ0n) is 13.6. The SMILES string of the molecule is CCCCC#C[C@H]1c2ccccc2CCN1c1ccc(Br)cc1. The summed E-state index contributed by atoms with van der Waals surface area (Å²) in [6, 6.07) is 17.5. The molecule has 0 aromatic heterocycles. The number of fused-ring (bicyclic) bond motifs is 1. The maximum Gasteiger partial charge on any atom is 0.116 e. The number of benzene rings is 2. The summed E-state index contributed by atoms with van der Waals surface area (Å²) in [6.45, 7) is 3.23. The number of nitrogens with zero attached hydrogens (tertiary/aromatic N) is 1. The number of rotatable bonds is 3. The monoisotopic (exact) mass is 367 g/mol. The summed E-state index contributed by atoms with van der Waals surface area (Å²) in [4.78, 5) is 2.44. The van der Waals surface area contributed by atoms with Gasteiger partial charge in [0, 0.05) is 23.1 Å². The highest BCUT2D eigenvalue weighted by Gasteiger charge is 2.25. The van der Waals surface area contributed by atoms with Gasteiger partial charge in [0.1, 0.15) is 6.04 Å². The van der Waals surface area contributed by atoms with Crippen molar-refractivity contribution in [2.24, 2.45) is 0 Å². The molecule has 0 unspecified atom stereocenters. The molecule has 0 amide bonds. The lowest BCUT2D eigenvalue weighted by atomic mass is 9.92. The number of halogens is 1. The molecular weight excluding hydrogens is 346 g/mol. The molecular formula is C21H22BrN. The van der Waals surface area contributed by atoms with Gasteiger partial charge in [-0.05, 0) is 48.2 Å². The average Bonchev–Trinajstić information content (AvgIpc) is 2.59. The second-order valence-corrected chi connectivity index (χ2v) is 6.86. The van der Waals surface area contributed by atoms with Crippen molar-refractivity contribution >= 4 is 21.6 Å². The smallest absolute Gasteiger partial charge is 0.116 e. The maximum atomic E-state index is 3.54. The van der Waals surface area contributed by atoms with E-state index in [0.29, 0.717) is 0 Å². The van der Waals surface area contributed by atoms with E-state index >= 15 is 0 Å². The van der Waals surface area contributed by atoms with Crippen LogP contribution in [0.1, 0.15) is 43.4 Å². The summed E-state index contributed by atoms with van der Waals surface area (Å²) < 4.78 is 1.12. The first-order valence-electron chi connectivity index (χ1n) is 8.38. The molecule has 1 aliphatic rings. The van der Waals surface area contributed by atoms with E-state index < -0.39 is 0 Å². The lowest BCUT2D eigenvalue weighted by Gasteiger charge is -2.36. The van der Waals surface area contributed by atoms with Crippen molar-refractivity contribution in [3.05, 3.63) is 64.1 Å². The van der Waals surface area contributed by atoms with Gasteiger partial charge in [-0.1, -0.05) is 59.5 Å². The summed E-state index contributed by atoms with van der Waals surface area (Å²) in [7, 11) is 0. The molecule has 1 nitrogen and oxygen atoms in total. The number of unbranched alkanes of at least 4 members (excludes halogenated alkanes) is 2. The van der Waals surface area contributed by atoms with E-state index in [9.17, 15) is 0 Å². The van der Waals surface area contributed by atoms with Crippen LogP contribution in [0.25, 0.3) is 0 Å². The summed E-state index contributed by atoms with van der Waals surface area (Å²) in [6.07, 6.45) is 4.45. The molecule has 2 heteroatoms. The third-order valence-electron chi connectivity index (χ3n) is 4.34. The zero-order chi connectivity index (χ0) is 16.1. The Balaban J connectivity index is 1.94. The highest BCUT2D eigenvalue weighted by Crippen LogP contribution is 2.33. The Kier molecular flexibility index (Phi) is 5.41. The fourth-order valence-corrected chi connectivity index (χ4v) is 3.33. The molecule has 0 aliphatic carbocycles. The van der Waals surface area contributed by atoms with Crippen molar-refractivity contribution in [2.75, 3.05) is 11.4 Å². The van der Waals surface area contributed by atoms with Gasteiger partial charge in [-0.2, -0.15) is 0 Å². The number of anilines is 1. The number of hydrogen-bond donors (Lipinski definition) is 0. The van der Waals surface area contributed by atoms with Crippen LogP contribution in [0.2, 0.25) is 0 Å². The van der Waals surface area contributed by atoms with Gasteiger partial charge in [-0.15, -0.1) is 5.92 Å². The molecule has 2 aromatic carbocycles. The molecule has 2 aromatic rings. The van der Waals surface area contributed by atoms with Crippen molar-refractivity contribution in [2.45, 2.75) is 38.6 Å². The minimum absolute atomic E-state index is 0.165. The van der Waals surface area contributed by atoms with Gasteiger partial charge in [0.05, 0.1) is 0 Å². The molecule has 23 heavy (non-hydrogen) atoms. The van der Waals surface area contributed by atoms with Gasteiger partial charge in [0.15, 0.2) is 0 Å². The average molecular weight is 368 g/mol. The fourth-order valence-electron chi connectivity index (χ4n) is 3.07. The Bertz CT molecular complexity index is 709. The van der Waals surface area contributed by atoms with Crippen molar-refractivity contribution in [3.63, 3.8) is 0 Å². The molecule has 0 spiro atoms. The Morgan fingerprint density at radius 2 is 1.91 bits per heavy atom. The van der Waals surface area contributed by atoms with Crippen LogP contribution in [0, 0.1) is 11.8 Å². The van der Waals surface area contributed by atoms with E-state index in [1.807, 2.05) is 0 Å². The van der Waals surface area contributed by atoms with Crippen molar-refractivity contribution in [1.29, 1.82) is 0 Å². The predicted octanol–water partition coefficient (Wildman–Crippen LogP) is 5.75. The van der Waals surface area contributed by atoms with Crippen LogP contribution in [0.4, 0.5) is 5.69 Å². The molecule has 1 heterocycles. The van der Waals surface area contributed by atoms with E-state index in [2.05, 4.69) is 88.1 Å². The fraction of sp³-hybridized carbons (Fsp3) is 0.333. The van der Waals surface area contributed by atoms with Crippen LogP contribution in [0.5, 0.6) is 0 Å². The minimum Gasteiger partial charge on any atom is -0.353 e. The highest BCUT2D eigenvalue weighted by molar-refractivity contribution is 9.10. The van der Waals surface area contributed by atoms with Gasteiger partial charge in [-0.25, -0.2) is 0 Å². The molecule has 1 atom stereocenters. The van der Waals surface area contributed by atoms with Crippen molar-refractivity contribution < 1.29 is 0 Å². The Hall–Kier alpha value is -1.72. The molecule has 0 N–H and O–H groups in total. The molecule has 0 saturated heterocycles. The molecule has 1 aliphatic heterocycles. The molecule has 0 radical (unpaired) electrons. The molecule has 0 bridgehead atoms. The minimum atomic E-state index is 0.165. The Morgan fingerprint density at radius 3 is 2.70 bits per heavy atom.